The molecule has 17 heavy (non-hydrogen) atoms. The van der Waals surface area contributed by atoms with Crippen LogP contribution in [0.1, 0.15) is 10.4 Å². The fourth-order valence-corrected chi connectivity index (χ4v) is 3.27. The molecule has 0 N–H and O–H groups in total. The SMILES string of the molecule is O=CC1C(=O)c2cc(F)c(F)cc2N2CSC12. The molecule has 1 fully saturated rings. The number of nitrogens with zero attached hydrogens (tertiary/aromatic N) is 1. The second-order valence-electron chi connectivity index (χ2n) is 3.97. The first-order chi connectivity index (χ1) is 8.13. The number of rotatable bonds is 1. The molecule has 1 saturated heterocycles. The second kappa shape index (κ2) is 3.53. The minimum absolute atomic E-state index is 0.0950. The quantitative estimate of drug-likeness (QED) is 0.566. The Hall–Kier alpha value is -1.43. The molecule has 2 aliphatic rings. The van der Waals surface area contributed by atoms with E-state index in [-0.39, 0.29) is 10.9 Å². The molecule has 0 radical (unpaired) electrons. The van der Waals surface area contributed by atoms with Crippen LogP contribution in [-0.2, 0) is 4.79 Å². The van der Waals surface area contributed by atoms with E-state index in [0.29, 0.717) is 17.9 Å². The van der Waals surface area contributed by atoms with E-state index in [4.69, 9.17) is 0 Å². The largest absolute Gasteiger partial charge is 0.348 e. The number of carbonyl (C=O) groups is 2. The Kier molecular flexibility index (Phi) is 2.22. The van der Waals surface area contributed by atoms with Crippen LogP contribution < -0.4 is 4.90 Å². The number of fused-ring (bicyclic) bond motifs is 3. The summed E-state index contributed by atoms with van der Waals surface area (Å²) in [5.41, 5.74) is 0.480. The third kappa shape index (κ3) is 1.33. The van der Waals surface area contributed by atoms with Gasteiger partial charge >= 0.3 is 0 Å². The van der Waals surface area contributed by atoms with Gasteiger partial charge < -0.3 is 9.69 Å². The first-order valence-corrected chi connectivity index (χ1v) is 6.05. The minimum Gasteiger partial charge on any atom is -0.348 e. The van der Waals surface area contributed by atoms with Crippen molar-refractivity contribution in [1.82, 2.24) is 0 Å². The van der Waals surface area contributed by atoms with Crippen molar-refractivity contribution in [3.8, 4) is 0 Å². The highest BCUT2D eigenvalue weighted by Crippen LogP contribution is 2.45. The van der Waals surface area contributed by atoms with Crippen molar-refractivity contribution in [1.29, 1.82) is 0 Å². The fourth-order valence-electron chi connectivity index (χ4n) is 2.15. The van der Waals surface area contributed by atoms with Gasteiger partial charge in [-0.05, 0) is 6.07 Å². The van der Waals surface area contributed by atoms with Gasteiger partial charge in [0.15, 0.2) is 17.4 Å². The number of hydrogen-bond donors (Lipinski definition) is 0. The number of halogens is 2. The molecule has 0 spiro atoms. The molecule has 2 heterocycles. The molecular weight excluding hydrogens is 248 g/mol. The summed E-state index contributed by atoms with van der Waals surface area (Å²) in [6, 6.07) is 1.90. The predicted molar refractivity (Wildman–Crippen MR) is 59.0 cm³/mol. The summed E-state index contributed by atoms with van der Waals surface area (Å²) < 4.78 is 26.3. The van der Waals surface area contributed by atoms with Crippen molar-refractivity contribution >= 4 is 29.5 Å². The van der Waals surface area contributed by atoms with E-state index in [9.17, 15) is 18.4 Å². The highest BCUT2D eigenvalue weighted by atomic mass is 32.2. The molecule has 3 nitrogen and oxygen atoms in total. The van der Waals surface area contributed by atoms with Gasteiger partial charge in [-0.15, -0.1) is 11.8 Å². The van der Waals surface area contributed by atoms with Crippen LogP contribution >= 0.6 is 11.8 Å². The average molecular weight is 255 g/mol. The number of Topliss-reactive ketones (excluding diaryl/α,β-unsaturated/α-hetero) is 1. The molecule has 2 unspecified atom stereocenters. The maximum Gasteiger partial charge on any atom is 0.178 e. The number of benzene rings is 1. The van der Waals surface area contributed by atoms with Crippen LogP contribution in [0.15, 0.2) is 12.1 Å². The first kappa shape index (κ1) is 10.7. The van der Waals surface area contributed by atoms with E-state index in [1.807, 2.05) is 0 Å². The lowest BCUT2D eigenvalue weighted by molar-refractivity contribution is -0.110. The van der Waals surface area contributed by atoms with Gasteiger partial charge in [0.25, 0.3) is 0 Å². The van der Waals surface area contributed by atoms with Crippen molar-refractivity contribution in [3.63, 3.8) is 0 Å². The van der Waals surface area contributed by atoms with Crippen LogP contribution in [0, 0.1) is 17.6 Å². The topological polar surface area (TPSA) is 37.4 Å². The lowest BCUT2D eigenvalue weighted by Gasteiger charge is -2.47. The van der Waals surface area contributed by atoms with Gasteiger partial charge in [0.2, 0.25) is 0 Å². The lowest BCUT2D eigenvalue weighted by atomic mass is 9.91. The number of thioether (sulfide) groups is 1. The first-order valence-electron chi connectivity index (χ1n) is 5.00. The summed E-state index contributed by atoms with van der Waals surface area (Å²) in [5, 5.41) is -0.266. The normalized spacial score (nSPS) is 26.0. The Morgan fingerprint density at radius 3 is 2.65 bits per heavy atom. The van der Waals surface area contributed by atoms with Crippen LogP contribution in [0.3, 0.4) is 0 Å². The standard InChI is InChI=1S/C11H7F2NO2S/c12-7-1-5-9(2-8(7)13)14-4-17-11(14)6(3-15)10(5)16/h1-3,6,11H,4H2. The summed E-state index contributed by atoms with van der Waals surface area (Å²) in [6.07, 6.45) is 0.580. The molecule has 3 rings (SSSR count). The third-order valence-electron chi connectivity index (χ3n) is 3.06. The molecule has 0 aliphatic carbocycles. The Morgan fingerprint density at radius 1 is 1.35 bits per heavy atom. The smallest absolute Gasteiger partial charge is 0.178 e. The molecule has 2 atom stereocenters. The highest BCUT2D eigenvalue weighted by molar-refractivity contribution is 8.01. The average Bonchev–Trinajstić information content (AvgIpc) is 2.26. The monoisotopic (exact) mass is 255 g/mol. The second-order valence-corrected chi connectivity index (χ2v) is 5.04. The van der Waals surface area contributed by atoms with Crippen LogP contribution in [0.2, 0.25) is 0 Å². The van der Waals surface area contributed by atoms with Crippen LogP contribution in [0.5, 0.6) is 0 Å². The lowest BCUT2D eigenvalue weighted by Crippen LogP contribution is -2.54. The Morgan fingerprint density at radius 2 is 2.06 bits per heavy atom. The van der Waals surface area contributed by atoms with Gasteiger partial charge in [-0.3, -0.25) is 4.79 Å². The van der Waals surface area contributed by atoms with Crippen LogP contribution in [0.25, 0.3) is 0 Å². The molecule has 0 amide bonds. The molecule has 1 aromatic carbocycles. The van der Waals surface area contributed by atoms with E-state index in [0.717, 1.165) is 12.1 Å². The summed E-state index contributed by atoms with van der Waals surface area (Å²) in [6.45, 7) is 0. The van der Waals surface area contributed by atoms with Crippen molar-refractivity contribution in [3.05, 3.63) is 29.3 Å². The van der Waals surface area contributed by atoms with Crippen molar-refractivity contribution < 1.29 is 18.4 Å². The number of carbonyl (C=O) groups excluding carboxylic acids is 2. The zero-order valence-corrected chi connectivity index (χ0v) is 9.34. The van der Waals surface area contributed by atoms with E-state index >= 15 is 0 Å². The third-order valence-corrected chi connectivity index (χ3v) is 4.38. The number of aldehydes is 1. The molecule has 0 saturated carbocycles. The van der Waals surface area contributed by atoms with Crippen LogP contribution in [-0.4, -0.2) is 23.3 Å². The highest BCUT2D eigenvalue weighted by Gasteiger charge is 2.46. The molecule has 0 aromatic heterocycles. The molecule has 6 heteroatoms. The molecule has 1 aromatic rings. The zero-order chi connectivity index (χ0) is 12.2. The number of anilines is 1. The molecule has 2 aliphatic heterocycles. The van der Waals surface area contributed by atoms with E-state index in [1.54, 1.807) is 4.90 Å². The molecular formula is C11H7F2NO2S. The van der Waals surface area contributed by atoms with E-state index in [1.165, 1.54) is 11.8 Å². The van der Waals surface area contributed by atoms with Crippen molar-refractivity contribution in [2.75, 3.05) is 10.8 Å². The van der Waals surface area contributed by atoms with Gasteiger partial charge in [-0.1, -0.05) is 0 Å². The zero-order valence-electron chi connectivity index (χ0n) is 8.52. The number of ketones is 1. The Labute approximate surface area is 99.8 Å². The summed E-state index contributed by atoms with van der Waals surface area (Å²) in [4.78, 5) is 24.6. The summed E-state index contributed by atoms with van der Waals surface area (Å²) >= 11 is 1.46. The molecule has 0 bridgehead atoms. The molecule has 88 valence electrons. The Bertz CT molecular complexity index is 534. The summed E-state index contributed by atoms with van der Waals surface area (Å²) in [5.74, 6) is -2.67. The van der Waals surface area contributed by atoms with Gasteiger partial charge in [0.1, 0.15) is 12.2 Å². The van der Waals surface area contributed by atoms with E-state index < -0.39 is 23.3 Å². The minimum atomic E-state index is -1.06. The maximum atomic E-state index is 13.1. The van der Waals surface area contributed by atoms with E-state index in [2.05, 4.69) is 0 Å². The maximum absolute atomic E-state index is 13.1. The predicted octanol–water partition coefficient (Wildman–Crippen LogP) is 1.81. The van der Waals surface area contributed by atoms with Gasteiger partial charge in [0, 0.05) is 11.6 Å². The van der Waals surface area contributed by atoms with Crippen molar-refractivity contribution in [2.45, 2.75) is 5.37 Å². The van der Waals surface area contributed by atoms with Gasteiger partial charge in [0.05, 0.1) is 16.9 Å². The summed E-state index contributed by atoms with van der Waals surface area (Å²) in [7, 11) is 0. The van der Waals surface area contributed by atoms with Gasteiger partial charge in [-0.25, -0.2) is 8.78 Å². The Balaban J connectivity index is 2.18. The fraction of sp³-hybridized carbons (Fsp3) is 0.273. The van der Waals surface area contributed by atoms with Crippen LogP contribution in [0.4, 0.5) is 14.5 Å². The number of hydrogen-bond acceptors (Lipinski definition) is 4. The van der Waals surface area contributed by atoms with Crippen molar-refractivity contribution in [2.24, 2.45) is 5.92 Å². The van der Waals surface area contributed by atoms with Gasteiger partial charge in [-0.2, -0.15) is 0 Å².